The first-order valence-electron chi connectivity index (χ1n) is 5.70. The molecule has 0 spiro atoms. The van der Waals surface area contributed by atoms with Gasteiger partial charge in [0, 0.05) is 31.3 Å². The molecule has 1 aromatic heterocycles. The molecule has 18 heavy (non-hydrogen) atoms. The quantitative estimate of drug-likeness (QED) is 0.615. The maximum Gasteiger partial charge on any atom is 0.311 e. The lowest BCUT2D eigenvalue weighted by Crippen LogP contribution is -2.42. The third-order valence-electron chi connectivity index (χ3n) is 2.81. The van der Waals surface area contributed by atoms with Crippen LogP contribution in [0.2, 0.25) is 0 Å². The van der Waals surface area contributed by atoms with Crippen molar-refractivity contribution in [1.82, 2.24) is 10.3 Å². The van der Waals surface area contributed by atoms with Crippen LogP contribution in [-0.2, 0) is 4.79 Å². The van der Waals surface area contributed by atoms with E-state index in [2.05, 4.69) is 15.6 Å². The van der Waals surface area contributed by atoms with Gasteiger partial charge >= 0.3 is 5.69 Å². The van der Waals surface area contributed by atoms with Gasteiger partial charge in [-0.2, -0.15) is 0 Å². The fraction of sp³-hybridized carbons (Fsp3) is 0.455. The summed E-state index contributed by atoms with van der Waals surface area (Å²) in [6.07, 6.45) is 2.66. The van der Waals surface area contributed by atoms with Crippen LogP contribution in [0.1, 0.15) is 18.4 Å². The molecular weight excluding hydrogens is 236 g/mol. The minimum Gasteiger partial charge on any atom is -0.360 e. The number of aryl methyl sites for hydroxylation is 1. The van der Waals surface area contributed by atoms with Gasteiger partial charge in [0.2, 0.25) is 11.7 Å². The van der Waals surface area contributed by atoms with Gasteiger partial charge in [-0.15, -0.1) is 0 Å². The minimum atomic E-state index is -0.455. The number of hydrogen-bond donors (Lipinski definition) is 2. The number of rotatable bonds is 3. The van der Waals surface area contributed by atoms with Gasteiger partial charge in [0.15, 0.2) is 0 Å². The third kappa shape index (κ3) is 2.73. The fourth-order valence-corrected chi connectivity index (χ4v) is 1.85. The first-order valence-corrected chi connectivity index (χ1v) is 5.70. The summed E-state index contributed by atoms with van der Waals surface area (Å²) >= 11 is 0. The second-order valence-corrected chi connectivity index (χ2v) is 4.32. The topological polar surface area (TPSA) is 97.2 Å². The Morgan fingerprint density at radius 2 is 2.39 bits per heavy atom. The summed E-state index contributed by atoms with van der Waals surface area (Å²) in [6, 6.07) is 1.47. The summed E-state index contributed by atoms with van der Waals surface area (Å²) < 4.78 is 0. The summed E-state index contributed by atoms with van der Waals surface area (Å²) in [5.74, 6) is 0.270. The Labute approximate surface area is 104 Å². The number of anilines is 1. The molecule has 1 aliphatic rings. The summed E-state index contributed by atoms with van der Waals surface area (Å²) in [5, 5.41) is 16.6. The summed E-state index contributed by atoms with van der Waals surface area (Å²) in [5.41, 5.74) is 0.705. The van der Waals surface area contributed by atoms with E-state index in [-0.39, 0.29) is 23.5 Å². The maximum absolute atomic E-state index is 11.0. The number of aromatic nitrogens is 1. The van der Waals surface area contributed by atoms with E-state index in [0.717, 1.165) is 5.56 Å². The number of hydrogen-bond acceptors (Lipinski definition) is 5. The van der Waals surface area contributed by atoms with Crippen molar-refractivity contribution in [2.75, 3.05) is 11.9 Å². The van der Waals surface area contributed by atoms with Crippen LogP contribution in [-0.4, -0.2) is 28.4 Å². The lowest BCUT2D eigenvalue weighted by molar-refractivity contribution is -0.384. The van der Waals surface area contributed by atoms with Gasteiger partial charge in [-0.25, -0.2) is 4.98 Å². The van der Waals surface area contributed by atoms with Crippen molar-refractivity contribution in [2.24, 2.45) is 0 Å². The molecule has 1 aliphatic heterocycles. The van der Waals surface area contributed by atoms with E-state index in [1.165, 1.54) is 6.07 Å². The Bertz CT molecular complexity index is 479. The Morgan fingerprint density at radius 1 is 1.61 bits per heavy atom. The van der Waals surface area contributed by atoms with Crippen LogP contribution < -0.4 is 10.6 Å². The standard InChI is InChI=1S/C11H14N4O3/c1-7-4-9(15(17)18)11(13-5-7)14-8-2-3-10(16)12-6-8/h4-5,8H,2-3,6H2,1H3,(H,12,16)(H,13,14). The number of piperidine rings is 1. The number of amides is 1. The highest BCUT2D eigenvalue weighted by molar-refractivity contribution is 5.77. The van der Waals surface area contributed by atoms with Gasteiger partial charge in [-0.05, 0) is 18.9 Å². The van der Waals surface area contributed by atoms with E-state index in [0.29, 0.717) is 19.4 Å². The zero-order chi connectivity index (χ0) is 13.1. The normalized spacial score (nSPS) is 19.2. The van der Waals surface area contributed by atoms with Gasteiger partial charge in [0.25, 0.3) is 0 Å². The van der Waals surface area contributed by atoms with E-state index >= 15 is 0 Å². The largest absolute Gasteiger partial charge is 0.360 e. The molecule has 1 saturated heterocycles. The number of carbonyl (C=O) groups excluding carboxylic acids is 1. The second-order valence-electron chi connectivity index (χ2n) is 4.32. The molecule has 7 heteroatoms. The fourth-order valence-electron chi connectivity index (χ4n) is 1.85. The zero-order valence-electron chi connectivity index (χ0n) is 9.97. The molecule has 0 aromatic carbocycles. The van der Waals surface area contributed by atoms with Crippen LogP contribution in [0.15, 0.2) is 12.3 Å². The highest BCUT2D eigenvalue weighted by Crippen LogP contribution is 2.24. The predicted molar refractivity (Wildman–Crippen MR) is 65.3 cm³/mol. The Hall–Kier alpha value is -2.18. The molecule has 0 saturated carbocycles. The Morgan fingerprint density at radius 3 is 3.00 bits per heavy atom. The van der Waals surface area contributed by atoms with Gasteiger partial charge in [0.1, 0.15) is 0 Å². The Balaban J connectivity index is 2.13. The highest BCUT2D eigenvalue weighted by atomic mass is 16.6. The molecule has 0 bridgehead atoms. The first-order chi connectivity index (χ1) is 8.56. The molecule has 96 valence electrons. The minimum absolute atomic E-state index is 0.0133. The summed E-state index contributed by atoms with van der Waals surface area (Å²) in [4.78, 5) is 25.5. The van der Waals surface area contributed by atoms with E-state index in [1.807, 2.05) is 0 Å². The molecule has 2 heterocycles. The lowest BCUT2D eigenvalue weighted by atomic mass is 10.1. The zero-order valence-corrected chi connectivity index (χ0v) is 9.97. The van der Waals surface area contributed by atoms with E-state index in [1.54, 1.807) is 13.1 Å². The van der Waals surface area contributed by atoms with Gasteiger partial charge in [-0.3, -0.25) is 14.9 Å². The molecule has 1 amide bonds. The SMILES string of the molecule is Cc1cnc(NC2CCC(=O)NC2)c([N+](=O)[O-])c1. The molecule has 1 aromatic rings. The van der Waals surface area contributed by atoms with Crippen molar-refractivity contribution in [3.8, 4) is 0 Å². The van der Waals surface area contributed by atoms with Crippen LogP contribution in [0.3, 0.4) is 0 Å². The molecule has 0 radical (unpaired) electrons. The van der Waals surface area contributed by atoms with Gasteiger partial charge in [-0.1, -0.05) is 0 Å². The summed E-state index contributed by atoms with van der Waals surface area (Å²) in [7, 11) is 0. The predicted octanol–water partition coefficient (Wildman–Crippen LogP) is 0.989. The molecule has 1 fully saturated rings. The van der Waals surface area contributed by atoms with E-state index < -0.39 is 4.92 Å². The molecule has 7 nitrogen and oxygen atoms in total. The highest BCUT2D eigenvalue weighted by Gasteiger charge is 2.22. The third-order valence-corrected chi connectivity index (χ3v) is 2.81. The van der Waals surface area contributed by atoms with Crippen LogP contribution in [0.4, 0.5) is 11.5 Å². The maximum atomic E-state index is 11.0. The Kier molecular flexibility index (Phi) is 3.40. The number of nitrogens with one attached hydrogen (secondary N) is 2. The molecule has 1 unspecified atom stereocenters. The number of carbonyl (C=O) groups is 1. The number of nitro groups is 1. The van der Waals surface area contributed by atoms with Crippen molar-refractivity contribution >= 4 is 17.4 Å². The average Bonchev–Trinajstić information content (AvgIpc) is 2.34. The van der Waals surface area contributed by atoms with Crippen LogP contribution >= 0.6 is 0 Å². The average molecular weight is 250 g/mol. The van der Waals surface area contributed by atoms with E-state index in [9.17, 15) is 14.9 Å². The number of nitrogens with zero attached hydrogens (tertiary/aromatic N) is 2. The van der Waals surface area contributed by atoms with Gasteiger partial charge < -0.3 is 10.6 Å². The van der Waals surface area contributed by atoms with Crippen LogP contribution in [0, 0.1) is 17.0 Å². The first kappa shape index (κ1) is 12.3. The van der Waals surface area contributed by atoms with Crippen molar-refractivity contribution in [3.05, 3.63) is 27.9 Å². The molecule has 2 rings (SSSR count). The van der Waals surface area contributed by atoms with Crippen LogP contribution in [0.25, 0.3) is 0 Å². The van der Waals surface area contributed by atoms with Crippen molar-refractivity contribution < 1.29 is 9.72 Å². The molecule has 2 N–H and O–H groups in total. The molecule has 0 aliphatic carbocycles. The summed E-state index contributed by atoms with van der Waals surface area (Å²) in [6.45, 7) is 2.22. The molecular formula is C11H14N4O3. The van der Waals surface area contributed by atoms with Gasteiger partial charge in [0.05, 0.1) is 4.92 Å². The van der Waals surface area contributed by atoms with Crippen LogP contribution in [0.5, 0.6) is 0 Å². The lowest BCUT2D eigenvalue weighted by Gasteiger charge is -2.23. The number of pyridine rings is 1. The van der Waals surface area contributed by atoms with Crippen molar-refractivity contribution in [1.29, 1.82) is 0 Å². The van der Waals surface area contributed by atoms with Crippen molar-refractivity contribution in [2.45, 2.75) is 25.8 Å². The smallest absolute Gasteiger partial charge is 0.311 e. The second kappa shape index (κ2) is 4.99. The molecule has 1 atom stereocenters. The van der Waals surface area contributed by atoms with E-state index in [4.69, 9.17) is 0 Å². The van der Waals surface area contributed by atoms with Crippen molar-refractivity contribution in [3.63, 3.8) is 0 Å². The monoisotopic (exact) mass is 250 g/mol.